The van der Waals surface area contributed by atoms with Crippen molar-refractivity contribution in [2.75, 3.05) is 5.32 Å². The zero-order chi connectivity index (χ0) is 22.2. The smallest absolute Gasteiger partial charge is 0.319 e. The predicted octanol–water partition coefficient (Wildman–Crippen LogP) is 5.79. The van der Waals surface area contributed by atoms with Crippen LogP contribution in [0.5, 0.6) is 5.75 Å². The number of nitrogens with zero attached hydrogens (tertiary/aromatic N) is 1. The van der Waals surface area contributed by atoms with E-state index in [1.807, 2.05) is 66.7 Å². The Labute approximate surface area is 185 Å². The van der Waals surface area contributed by atoms with E-state index in [1.54, 1.807) is 18.5 Å². The molecule has 4 rings (SSSR count). The number of nitrogens with one attached hydrogen (secondary N) is 2. The van der Waals surface area contributed by atoms with Crippen molar-refractivity contribution in [1.82, 2.24) is 10.3 Å². The van der Waals surface area contributed by atoms with Crippen LogP contribution in [0.15, 0.2) is 97.3 Å². The minimum absolute atomic E-state index is 0.287. The van der Waals surface area contributed by atoms with Gasteiger partial charge in [-0.3, -0.25) is 4.98 Å². The predicted molar refractivity (Wildman–Crippen MR) is 123 cm³/mol. The number of benzene rings is 3. The van der Waals surface area contributed by atoms with E-state index in [4.69, 9.17) is 4.74 Å². The number of anilines is 1. The average Bonchev–Trinajstić information content (AvgIpc) is 2.83. The molecule has 1 aromatic heterocycles. The van der Waals surface area contributed by atoms with Gasteiger partial charge in [0.15, 0.2) is 0 Å². The summed E-state index contributed by atoms with van der Waals surface area (Å²) in [6.45, 7) is 0.746. The van der Waals surface area contributed by atoms with E-state index < -0.39 is 0 Å². The maximum Gasteiger partial charge on any atom is 0.319 e. The molecule has 0 fully saturated rings. The second-order valence-corrected chi connectivity index (χ2v) is 7.16. The number of aromatic nitrogens is 1. The van der Waals surface area contributed by atoms with Crippen LogP contribution in [0.2, 0.25) is 0 Å². The maximum absolute atomic E-state index is 13.6. The summed E-state index contributed by atoms with van der Waals surface area (Å²) < 4.78 is 19.6. The average molecular weight is 427 g/mol. The summed E-state index contributed by atoms with van der Waals surface area (Å²) in [4.78, 5) is 16.1. The molecule has 4 aromatic rings. The van der Waals surface area contributed by atoms with Gasteiger partial charge in [0.05, 0.1) is 0 Å². The van der Waals surface area contributed by atoms with E-state index in [2.05, 4.69) is 15.6 Å². The lowest BCUT2D eigenvalue weighted by molar-refractivity contribution is 0.251. The molecule has 5 nitrogen and oxygen atoms in total. The molecular weight excluding hydrogens is 405 g/mol. The highest BCUT2D eigenvalue weighted by molar-refractivity contribution is 5.89. The third-order valence-electron chi connectivity index (χ3n) is 4.80. The summed E-state index contributed by atoms with van der Waals surface area (Å²) >= 11 is 0. The molecule has 0 spiro atoms. The van der Waals surface area contributed by atoms with Crippen LogP contribution >= 0.6 is 0 Å². The first-order valence-corrected chi connectivity index (χ1v) is 10.2. The minimum atomic E-state index is -0.290. The van der Waals surface area contributed by atoms with Crippen LogP contribution in [0.1, 0.15) is 11.1 Å². The Morgan fingerprint density at radius 3 is 2.53 bits per heavy atom. The van der Waals surface area contributed by atoms with Gasteiger partial charge in [-0.1, -0.05) is 48.5 Å². The Morgan fingerprint density at radius 1 is 0.906 bits per heavy atom. The number of ether oxygens (including phenoxy) is 1. The van der Waals surface area contributed by atoms with Crippen molar-refractivity contribution in [1.29, 1.82) is 0 Å². The normalized spacial score (nSPS) is 10.4. The van der Waals surface area contributed by atoms with Crippen LogP contribution in [-0.4, -0.2) is 11.0 Å². The number of amides is 2. The van der Waals surface area contributed by atoms with Gasteiger partial charge in [-0.2, -0.15) is 0 Å². The number of carbonyl (C=O) groups is 1. The summed E-state index contributed by atoms with van der Waals surface area (Å²) in [5, 5.41) is 5.60. The van der Waals surface area contributed by atoms with Gasteiger partial charge in [0.25, 0.3) is 0 Å². The van der Waals surface area contributed by atoms with E-state index in [-0.39, 0.29) is 11.8 Å². The molecule has 0 bridgehead atoms. The molecule has 0 aliphatic rings. The van der Waals surface area contributed by atoms with Crippen molar-refractivity contribution >= 4 is 11.7 Å². The van der Waals surface area contributed by atoms with Crippen molar-refractivity contribution in [2.45, 2.75) is 13.2 Å². The van der Waals surface area contributed by atoms with E-state index in [0.29, 0.717) is 24.6 Å². The number of hydrogen-bond donors (Lipinski definition) is 2. The van der Waals surface area contributed by atoms with Crippen LogP contribution in [0.3, 0.4) is 0 Å². The first kappa shape index (κ1) is 21.1. The summed E-state index contributed by atoms with van der Waals surface area (Å²) in [7, 11) is 0. The molecule has 0 aliphatic heterocycles. The molecule has 32 heavy (non-hydrogen) atoms. The molecule has 0 atom stereocenters. The Bertz CT molecular complexity index is 1180. The number of para-hydroxylation sites is 1. The maximum atomic E-state index is 13.6. The number of hydrogen-bond acceptors (Lipinski definition) is 3. The van der Waals surface area contributed by atoms with Gasteiger partial charge in [-0.15, -0.1) is 0 Å². The third-order valence-corrected chi connectivity index (χ3v) is 4.80. The molecule has 0 unspecified atom stereocenters. The van der Waals surface area contributed by atoms with E-state index in [9.17, 15) is 9.18 Å². The second-order valence-electron chi connectivity index (χ2n) is 7.16. The van der Waals surface area contributed by atoms with Gasteiger partial charge < -0.3 is 15.4 Å². The van der Waals surface area contributed by atoms with Gasteiger partial charge >= 0.3 is 6.03 Å². The SMILES string of the molecule is O=C(NCc1cccnc1)Nc1ccc(COc2ccccc2-c2cccc(F)c2)cc1. The molecule has 2 amide bonds. The topological polar surface area (TPSA) is 63.2 Å². The molecule has 0 saturated heterocycles. The molecule has 2 N–H and O–H groups in total. The number of pyridine rings is 1. The summed E-state index contributed by atoms with van der Waals surface area (Å²) in [5.41, 5.74) is 4.14. The van der Waals surface area contributed by atoms with Crippen molar-refractivity contribution in [2.24, 2.45) is 0 Å². The summed E-state index contributed by atoms with van der Waals surface area (Å²) in [5.74, 6) is 0.389. The first-order valence-electron chi connectivity index (χ1n) is 10.2. The number of halogens is 1. The van der Waals surface area contributed by atoms with Crippen LogP contribution in [-0.2, 0) is 13.2 Å². The molecule has 0 aliphatic carbocycles. The highest BCUT2D eigenvalue weighted by Crippen LogP contribution is 2.30. The fourth-order valence-corrected chi connectivity index (χ4v) is 3.19. The lowest BCUT2D eigenvalue weighted by atomic mass is 10.0. The highest BCUT2D eigenvalue weighted by Gasteiger charge is 2.08. The number of urea groups is 1. The Morgan fingerprint density at radius 2 is 1.75 bits per heavy atom. The standard InChI is InChI=1S/C26H22FN3O2/c27-22-7-3-6-21(15-22)24-8-1-2-9-25(24)32-18-19-10-12-23(13-11-19)30-26(31)29-17-20-5-4-14-28-16-20/h1-16H,17-18H2,(H2,29,30,31). The fourth-order valence-electron chi connectivity index (χ4n) is 3.19. The number of rotatable bonds is 7. The van der Waals surface area contributed by atoms with Crippen LogP contribution in [0.4, 0.5) is 14.9 Å². The van der Waals surface area contributed by atoms with Crippen molar-refractivity contribution in [3.8, 4) is 16.9 Å². The molecule has 3 aromatic carbocycles. The number of carbonyl (C=O) groups excluding carboxylic acids is 1. The molecule has 160 valence electrons. The van der Waals surface area contributed by atoms with Gasteiger partial charge in [0.1, 0.15) is 18.2 Å². The Hall–Kier alpha value is -4.19. The largest absolute Gasteiger partial charge is 0.488 e. The molecule has 6 heteroatoms. The van der Waals surface area contributed by atoms with E-state index in [0.717, 1.165) is 22.3 Å². The fraction of sp³-hybridized carbons (Fsp3) is 0.0769. The quantitative estimate of drug-likeness (QED) is 0.392. The van der Waals surface area contributed by atoms with E-state index >= 15 is 0 Å². The van der Waals surface area contributed by atoms with Crippen LogP contribution < -0.4 is 15.4 Å². The van der Waals surface area contributed by atoms with Gasteiger partial charge in [-0.25, -0.2) is 9.18 Å². The van der Waals surface area contributed by atoms with Gasteiger partial charge in [0.2, 0.25) is 0 Å². The monoisotopic (exact) mass is 427 g/mol. The third kappa shape index (κ3) is 5.70. The van der Waals surface area contributed by atoms with Crippen molar-refractivity contribution < 1.29 is 13.9 Å². The van der Waals surface area contributed by atoms with Crippen LogP contribution in [0, 0.1) is 5.82 Å². The summed E-state index contributed by atoms with van der Waals surface area (Å²) in [6.07, 6.45) is 3.40. The first-order chi connectivity index (χ1) is 15.7. The summed E-state index contributed by atoms with van der Waals surface area (Å²) in [6, 6.07) is 24.8. The van der Waals surface area contributed by atoms with Gasteiger partial charge in [-0.05, 0) is 53.1 Å². The zero-order valence-electron chi connectivity index (χ0n) is 17.3. The molecule has 1 heterocycles. The molecule has 0 saturated carbocycles. The van der Waals surface area contributed by atoms with Crippen LogP contribution in [0.25, 0.3) is 11.1 Å². The lowest BCUT2D eigenvalue weighted by Crippen LogP contribution is -2.28. The zero-order valence-corrected chi connectivity index (χ0v) is 17.3. The van der Waals surface area contributed by atoms with Crippen molar-refractivity contribution in [3.05, 3.63) is 114 Å². The minimum Gasteiger partial charge on any atom is -0.488 e. The highest BCUT2D eigenvalue weighted by atomic mass is 19.1. The lowest BCUT2D eigenvalue weighted by Gasteiger charge is -2.12. The Kier molecular flexibility index (Phi) is 6.72. The van der Waals surface area contributed by atoms with Gasteiger partial charge in [0, 0.05) is 30.2 Å². The van der Waals surface area contributed by atoms with E-state index in [1.165, 1.54) is 12.1 Å². The van der Waals surface area contributed by atoms with Crippen molar-refractivity contribution in [3.63, 3.8) is 0 Å². The molecule has 0 radical (unpaired) electrons. The Balaban J connectivity index is 1.33. The molecular formula is C26H22FN3O2. The second kappa shape index (κ2) is 10.2.